The van der Waals surface area contributed by atoms with E-state index in [0.717, 1.165) is 0 Å². The SMILES string of the molecule is CCCSSSS[Si](OCC)(OCC)OCC.[SiH4]. The molecular weight excluding hydrogens is 341 g/mol. The van der Waals surface area contributed by atoms with Crippen molar-refractivity contribution in [3.05, 3.63) is 0 Å². The molecule has 0 amide bonds. The molecule has 0 heterocycles. The molecule has 3 nitrogen and oxygen atoms in total. The molecule has 0 atom stereocenters. The van der Waals surface area contributed by atoms with Crippen molar-refractivity contribution in [3.63, 3.8) is 0 Å². The highest BCUT2D eigenvalue weighted by Crippen LogP contribution is 2.48. The van der Waals surface area contributed by atoms with Crippen molar-refractivity contribution in [1.82, 2.24) is 0 Å². The monoisotopic (exact) mass is 366 g/mol. The van der Waals surface area contributed by atoms with Gasteiger partial charge in [0.05, 0.1) is 0 Å². The second kappa shape index (κ2) is 15.1. The zero-order valence-corrected chi connectivity index (χ0v) is 15.2. The van der Waals surface area contributed by atoms with E-state index in [1.165, 1.54) is 12.2 Å². The van der Waals surface area contributed by atoms with Gasteiger partial charge in [-0.1, -0.05) is 17.7 Å². The van der Waals surface area contributed by atoms with E-state index in [0.29, 0.717) is 19.8 Å². The van der Waals surface area contributed by atoms with E-state index in [2.05, 4.69) is 6.92 Å². The molecule has 9 heteroatoms. The van der Waals surface area contributed by atoms with Gasteiger partial charge in [0.15, 0.2) is 0 Å². The molecule has 0 saturated carbocycles. The van der Waals surface area contributed by atoms with Crippen LogP contribution in [0.4, 0.5) is 0 Å². The standard InChI is InChI=1S/C9H22O3S4Si.H4Si/c1-5-9-13-14-15-16-17(10-6-2,11-7-3)12-8-4;/h5-9H2,1-4H3;1H4. The highest BCUT2D eigenvalue weighted by molar-refractivity contribution is 9.28. The Kier molecular flexibility index (Phi) is 18.5. The summed E-state index contributed by atoms with van der Waals surface area (Å²) < 4.78 is 17.2. The van der Waals surface area contributed by atoms with E-state index in [4.69, 9.17) is 13.3 Å². The number of hydrogen-bond acceptors (Lipinski definition) is 7. The first kappa shape index (κ1) is 22.0. The highest BCUT2D eigenvalue weighted by atomic mass is 33.7. The summed E-state index contributed by atoms with van der Waals surface area (Å²) in [4.78, 5) is 0. The maximum atomic E-state index is 5.73. The zero-order valence-electron chi connectivity index (χ0n) is 10.9. The second-order valence-corrected chi connectivity index (χ2v) is 13.3. The van der Waals surface area contributed by atoms with Crippen molar-refractivity contribution >= 4 is 59.6 Å². The Morgan fingerprint density at radius 1 is 0.833 bits per heavy atom. The van der Waals surface area contributed by atoms with Crippen molar-refractivity contribution in [3.8, 4) is 0 Å². The van der Waals surface area contributed by atoms with Gasteiger partial charge in [-0.3, -0.25) is 0 Å². The molecule has 0 aromatic rings. The van der Waals surface area contributed by atoms with Crippen LogP contribution in [-0.4, -0.2) is 44.5 Å². The van der Waals surface area contributed by atoms with E-state index in [9.17, 15) is 0 Å². The average Bonchev–Trinajstić information content (AvgIpc) is 2.30. The van der Waals surface area contributed by atoms with Crippen molar-refractivity contribution < 1.29 is 13.3 Å². The molecule has 0 fully saturated rings. The van der Waals surface area contributed by atoms with Crippen molar-refractivity contribution in [1.29, 1.82) is 0 Å². The molecule has 0 bridgehead atoms. The fourth-order valence-electron chi connectivity index (χ4n) is 0.920. The molecule has 0 N–H and O–H groups in total. The molecule has 0 saturated heterocycles. The van der Waals surface area contributed by atoms with E-state index < -0.39 is 7.95 Å². The van der Waals surface area contributed by atoms with Crippen LogP contribution in [0.25, 0.3) is 0 Å². The third kappa shape index (κ3) is 10.5. The van der Waals surface area contributed by atoms with Gasteiger partial charge < -0.3 is 13.3 Å². The molecule has 0 spiro atoms. The molecular formula is C9H26O3S4Si2. The Labute approximate surface area is 132 Å². The summed E-state index contributed by atoms with van der Waals surface area (Å²) in [5.74, 6) is 1.17. The first-order valence-electron chi connectivity index (χ1n) is 5.80. The minimum Gasteiger partial charge on any atom is -0.365 e. The molecule has 0 aromatic heterocycles. The summed E-state index contributed by atoms with van der Waals surface area (Å²) in [5.41, 5.74) is 0. The Hall–Kier alpha value is 1.71. The lowest BCUT2D eigenvalue weighted by Gasteiger charge is -2.25. The summed E-state index contributed by atoms with van der Waals surface area (Å²) in [6.07, 6.45) is 1.20. The minimum atomic E-state index is -2.51. The quantitative estimate of drug-likeness (QED) is 0.297. The molecule has 0 aliphatic rings. The van der Waals surface area contributed by atoms with Crippen LogP contribution in [0.15, 0.2) is 0 Å². The first-order chi connectivity index (χ1) is 8.24. The lowest BCUT2D eigenvalue weighted by atomic mass is 10.6. The zero-order chi connectivity index (χ0) is 13.0. The van der Waals surface area contributed by atoms with Gasteiger partial charge in [0.1, 0.15) is 0 Å². The Morgan fingerprint density at radius 2 is 1.33 bits per heavy atom. The van der Waals surface area contributed by atoms with Gasteiger partial charge in [0.25, 0.3) is 0 Å². The van der Waals surface area contributed by atoms with Gasteiger partial charge >= 0.3 is 7.95 Å². The van der Waals surface area contributed by atoms with Crippen LogP contribution in [0, 0.1) is 0 Å². The van der Waals surface area contributed by atoms with Crippen LogP contribution in [-0.2, 0) is 13.3 Å². The van der Waals surface area contributed by atoms with Gasteiger partial charge in [-0.25, -0.2) is 0 Å². The van der Waals surface area contributed by atoms with Crippen molar-refractivity contribution in [2.45, 2.75) is 34.1 Å². The van der Waals surface area contributed by atoms with Crippen LogP contribution in [0.5, 0.6) is 0 Å². The van der Waals surface area contributed by atoms with Crippen LogP contribution >= 0.6 is 40.7 Å². The molecule has 18 heavy (non-hydrogen) atoms. The molecule has 112 valence electrons. The maximum absolute atomic E-state index is 5.73. The average molecular weight is 367 g/mol. The summed E-state index contributed by atoms with van der Waals surface area (Å²) in [7, 11) is 4.45. The Balaban J connectivity index is 0. The largest absolute Gasteiger partial charge is 0.585 e. The summed E-state index contributed by atoms with van der Waals surface area (Å²) in [5, 5.41) is 0. The molecule has 0 aromatic carbocycles. The van der Waals surface area contributed by atoms with E-state index in [1.54, 1.807) is 29.9 Å². The van der Waals surface area contributed by atoms with E-state index in [-0.39, 0.29) is 11.0 Å². The van der Waals surface area contributed by atoms with Gasteiger partial charge in [0, 0.05) is 25.6 Å². The van der Waals surface area contributed by atoms with E-state index in [1.807, 2.05) is 31.6 Å². The van der Waals surface area contributed by atoms with Gasteiger partial charge in [-0.05, 0) is 68.1 Å². The molecule has 0 radical (unpaired) electrons. The van der Waals surface area contributed by atoms with Crippen LogP contribution < -0.4 is 0 Å². The third-order valence-electron chi connectivity index (χ3n) is 1.46. The van der Waals surface area contributed by atoms with Crippen LogP contribution in [0.1, 0.15) is 34.1 Å². The van der Waals surface area contributed by atoms with Crippen LogP contribution in [0.2, 0.25) is 0 Å². The number of rotatable bonds is 12. The Morgan fingerprint density at radius 3 is 1.72 bits per heavy atom. The number of hydrogen-bond donors (Lipinski definition) is 0. The molecule has 0 unspecified atom stereocenters. The summed E-state index contributed by atoms with van der Waals surface area (Å²) >= 11 is 0. The van der Waals surface area contributed by atoms with Crippen LogP contribution in [0.3, 0.4) is 0 Å². The second-order valence-electron chi connectivity index (χ2n) is 2.84. The summed E-state index contributed by atoms with van der Waals surface area (Å²) in [6, 6.07) is 0. The lowest BCUT2D eigenvalue weighted by Crippen LogP contribution is -2.42. The smallest absolute Gasteiger partial charge is 0.365 e. The Bertz CT molecular complexity index is 163. The van der Waals surface area contributed by atoms with Gasteiger partial charge in [-0.15, -0.1) is 0 Å². The highest BCUT2D eigenvalue weighted by Gasteiger charge is 2.43. The van der Waals surface area contributed by atoms with Gasteiger partial charge in [0.2, 0.25) is 0 Å². The van der Waals surface area contributed by atoms with E-state index >= 15 is 0 Å². The lowest BCUT2D eigenvalue weighted by molar-refractivity contribution is 0.0971. The van der Waals surface area contributed by atoms with Crippen molar-refractivity contribution in [2.75, 3.05) is 25.6 Å². The maximum Gasteiger partial charge on any atom is 0.585 e. The fraction of sp³-hybridized carbons (Fsp3) is 1.00. The molecule has 0 aliphatic carbocycles. The van der Waals surface area contributed by atoms with Crippen molar-refractivity contribution in [2.24, 2.45) is 0 Å². The first-order valence-corrected chi connectivity index (χ1v) is 13.2. The predicted molar refractivity (Wildman–Crippen MR) is 97.5 cm³/mol. The predicted octanol–water partition coefficient (Wildman–Crippen LogP) is 3.17. The summed E-state index contributed by atoms with van der Waals surface area (Å²) in [6.45, 7) is 10.0. The van der Waals surface area contributed by atoms with Gasteiger partial charge in [-0.2, -0.15) is 0 Å². The normalized spacial score (nSPS) is 11.3. The molecule has 0 aliphatic heterocycles. The fourth-order valence-corrected chi connectivity index (χ4v) is 15.0. The minimum absolute atomic E-state index is 0. The third-order valence-corrected chi connectivity index (χ3v) is 14.4. The molecule has 0 rings (SSSR count). The topological polar surface area (TPSA) is 27.7 Å².